The van der Waals surface area contributed by atoms with Crippen molar-refractivity contribution in [3.63, 3.8) is 0 Å². The maximum Gasteiger partial charge on any atom is 0.191 e. The summed E-state index contributed by atoms with van der Waals surface area (Å²) in [4.78, 5) is 10.5. The molecule has 132 valence electrons. The Balaban J connectivity index is 1.51. The fraction of sp³-hybridized carbons (Fsp3) is 0.667. The molecule has 0 amide bonds. The van der Waals surface area contributed by atoms with Gasteiger partial charge in [-0.15, -0.1) is 0 Å². The number of halogens is 1. The van der Waals surface area contributed by atoms with Crippen molar-refractivity contribution in [2.75, 3.05) is 31.6 Å². The topological polar surface area (TPSA) is 52.6 Å². The second-order valence-corrected chi connectivity index (χ2v) is 7.33. The molecule has 0 spiro atoms. The smallest absolute Gasteiger partial charge is 0.191 e. The zero-order valence-electron chi connectivity index (χ0n) is 14.7. The molecule has 0 aromatic carbocycles. The summed E-state index contributed by atoms with van der Waals surface area (Å²) in [5.74, 6) is 1.04. The van der Waals surface area contributed by atoms with Crippen molar-refractivity contribution in [2.45, 2.75) is 45.1 Å². The van der Waals surface area contributed by atoms with E-state index in [2.05, 4.69) is 27.5 Å². The molecule has 1 saturated carbocycles. The van der Waals surface area contributed by atoms with Crippen LogP contribution >= 0.6 is 0 Å². The average molecular weight is 333 g/mol. The second kappa shape index (κ2) is 7.36. The van der Waals surface area contributed by atoms with E-state index in [0.717, 1.165) is 32.0 Å². The number of hydrogen-bond acceptors (Lipinski definition) is 3. The molecule has 5 nitrogen and oxygen atoms in total. The summed E-state index contributed by atoms with van der Waals surface area (Å²) < 4.78 is 13.9. The van der Waals surface area contributed by atoms with Crippen LogP contribution in [0.2, 0.25) is 0 Å². The Bertz CT molecular complexity index is 583. The molecule has 3 rings (SSSR count). The third-order valence-corrected chi connectivity index (χ3v) is 5.28. The number of aliphatic imine (C=N–C) groups is 1. The Hall–Kier alpha value is -1.85. The zero-order chi connectivity index (χ0) is 17.0. The van der Waals surface area contributed by atoms with E-state index in [-0.39, 0.29) is 11.9 Å². The summed E-state index contributed by atoms with van der Waals surface area (Å²) in [5.41, 5.74) is 0.385. The van der Waals surface area contributed by atoms with Gasteiger partial charge in [-0.3, -0.25) is 4.99 Å². The summed E-state index contributed by atoms with van der Waals surface area (Å²) in [5, 5.41) is 6.95. The molecule has 1 saturated heterocycles. The molecule has 1 unspecified atom stereocenters. The zero-order valence-corrected chi connectivity index (χ0v) is 14.7. The van der Waals surface area contributed by atoms with Crippen LogP contribution in [-0.4, -0.2) is 43.7 Å². The van der Waals surface area contributed by atoms with E-state index in [1.54, 1.807) is 19.3 Å². The first kappa shape index (κ1) is 17.0. The summed E-state index contributed by atoms with van der Waals surface area (Å²) in [6, 6.07) is 3.35. The summed E-state index contributed by atoms with van der Waals surface area (Å²) in [6.45, 7) is 4.85. The van der Waals surface area contributed by atoms with E-state index < -0.39 is 0 Å². The fourth-order valence-corrected chi connectivity index (χ4v) is 3.77. The van der Waals surface area contributed by atoms with Gasteiger partial charge < -0.3 is 15.5 Å². The third kappa shape index (κ3) is 3.97. The molecule has 0 radical (unpaired) electrons. The monoisotopic (exact) mass is 333 g/mol. The quantitative estimate of drug-likeness (QED) is 0.657. The Labute approximate surface area is 143 Å². The van der Waals surface area contributed by atoms with Crippen molar-refractivity contribution in [1.82, 2.24) is 15.6 Å². The number of guanidine groups is 1. The molecule has 24 heavy (non-hydrogen) atoms. The molecular formula is C18H28FN5. The van der Waals surface area contributed by atoms with Gasteiger partial charge in [-0.05, 0) is 36.8 Å². The highest BCUT2D eigenvalue weighted by atomic mass is 19.1. The van der Waals surface area contributed by atoms with Gasteiger partial charge in [0.25, 0.3) is 0 Å². The van der Waals surface area contributed by atoms with Crippen LogP contribution in [0, 0.1) is 11.2 Å². The molecule has 1 atom stereocenters. The predicted octanol–water partition coefficient (Wildman–Crippen LogP) is 2.54. The molecular weight excluding hydrogens is 305 g/mol. The molecule has 2 N–H and O–H groups in total. The lowest BCUT2D eigenvalue weighted by Crippen LogP contribution is -2.47. The van der Waals surface area contributed by atoms with Crippen molar-refractivity contribution in [3.8, 4) is 0 Å². The van der Waals surface area contributed by atoms with Crippen LogP contribution in [-0.2, 0) is 0 Å². The van der Waals surface area contributed by atoms with Gasteiger partial charge in [0.15, 0.2) is 17.6 Å². The average Bonchev–Trinajstić information content (AvgIpc) is 3.21. The second-order valence-electron chi connectivity index (χ2n) is 7.33. The van der Waals surface area contributed by atoms with Gasteiger partial charge in [-0.2, -0.15) is 0 Å². The van der Waals surface area contributed by atoms with E-state index >= 15 is 0 Å². The SMILES string of the molecule is CN=C(NCC1(C)CCCC1)NC1CCN(c2ncccc2F)C1. The molecule has 1 aliphatic heterocycles. The van der Waals surface area contributed by atoms with Crippen molar-refractivity contribution < 1.29 is 4.39 Å². The molecule has 0 bridgehead atoms. The highest BCUT2D eigenvalue weighted by Gasteiger charge is 2.29. The lowest BCUT2D eigenvalue weighted by Gasteiger charge is -2.26. The van der Waals surface area contributed by atoms with E-state index in [9.17, 15) is 4.39 Å². The number of anilines is 1. The van der Waals surface area contributed by atoms with Crippen LogP contribution in [0.15, 0.2) is 23.3 Å². The Kier molecular flexibility index (Phi) is 5.21. The van der Waals surface area contributed by atoms with Gasteiger partial charge in [-0.1, -0.05) is 19.8 Å². The van der Waals surface area contributed by atoms with Crippen LogP contribution in [0.25, 0.3) is 0 Å². The van der Waals surface area contributed by atoms with Crippen LogP contribution in [0.4, 0.5) is 10.2 Å². The minimum atomic E-state index is -0.255. The summed E-state index contributed by atoms with van der Waals surface area (Å²) in [6.07, 6.45) is 7.82. The van der Waals surface area contributed by atoms with Gasteiger partial charge in [0.05, 0.1) is 0 Å². The highest BCUT2D eigenvalue weighted by Crippen LogP contribution is 2.36. The molecule has 1 aromatic rings. The molecule has 1 aliphatic carbocycles. The predicted molar refractivity (Wildman–Crippen MR) is 95.9 cm³/mol. The summed E-state index contributed by atoms with van der Waals surface area (Å²) in [7, 11) is 1.80. The van der Waals surface area contributed by atoms with Crippen molar-refractivity contribution in [1.29, 1.82) is 0 Å². The number of rotatable bonds is 4. The van der Waals surface area contributed by atoms with E-state index in [1.165, 1.54) is 31.7 Å². The first-order chi connectivity index (χ1) is 11.6. The van der Waals surface area contributed by atoms with Crippen LogP contribution in [0.1, 0.15) is 39.0 Å². The number of hydrogen-bond donors (Lipinski definition) is 2. The standard InChI is InChI=1S/C18H28FN5/c1-18(8-3-4-9-18)13-22-17(20-2)23-14-7-11-24(12-14)16-15(19)6-5-10-21-16/h5-6,10,14H,3-4,7-9,11-13H2,1-2H3,(H2,20,22,23). The van der Waals surface area contributed by atoms with Crippen LogP contribution < -0.4 is 15.5 Å². The fourth-order valence-electron chi connectivity index (χ4n) is 3.77. The molecule has 6 heteroatoms. The van der Waals surface area contributed by atoms with E-state index in [1.807, 2.05) is 4.90 Å². The van der Waals surface area contributed by atoms with E-state index in [4.69, 9.17) is 0 Å². The Morgan fingerprint density at radius 1 is 1.46 bits per heavy atom. The highest BCUT2D eigenvalue weighted by molar-refractivity contribution is 5.80. The summed E-state index contributed by atoms with van der Waals surface area (Å²) >= 11 is 0. The van der Waals surface area contributed by atoms with Crippen molar-refractivity contribution in [3.05, 3.63) is 24.1 Å². The third-order valence-electron chi connectivity index (χ3n) is 5.28. The van der Waals surface area contributed by atoms with Crippen molar-refractivity contribution in [2.24, 2.45) is 10.4 Å². The van der Waals surface area contributed by atoms with Gasteiger partial charge in [0, 0.05) is 38.9 Å². The normalized spacial score (nSPS) is 23.5. The minimum Gasteiger partial charge on any atom is -0.356 e. The first-order valence-corrected chi connectivity index (χ1v) is 8.92. The van der Waals surface area contributed by atoms with Gasteiger partial charge >= 0.3 is 0 Å². The molecule has 1 aromatic heterocycles. The Morgan fingerprint density at radius 2 is 2.25 bits per heavy atom. The maximum absolute atomic E-state index is 13.9. The van der Waals surface area contributed by atoms with Gasteiger partial charge in [-0.25, -0.2) is 9.37 Å². The van der Waals surface area contributed by atoms with Gasteiger partial charge in [0.2, 0.25) is 0 Å². The molecule has 2 heterocycles. The van der Waals surface area contributed by atoms with Gasteiger partial charge in [0.1, 0.15) is 0 Å². The molecule has 2 aliphatic rings. The largest absolute Gasteiger partial charge is 0.356 e. The van der Waals surface area contributed by atoms with E-state index in [0.29, 0.717) is 11.2 Å². The number of nitrogens with zero attached hydrogens (tertiary/aromatic N) is 3. The van der Waals surface area contributed by atoms with Crippen molar-refractivity contribution >= 4 is 11.8 Å². The number of nitrogens with one attached hydrogen (secondary N) is 2. The lowest BCUT2D eigenvalue weighted by molar-refractivity contribution is 0.333. The minimum absolute atomic E-state index is 0.255. The van der Waals surface area contributed by atoms with Crippen LogP contribution in [0.5, 0.6) is 0 Å². The first-order valence-electron chi connectivity index (χ1n) is 8.92. The Morgan fingerprint density at radius 3 is 2.96 bits per heavy atom. The number of aromatic nitrogens is 1. The van der Waals surface area contributed by atoms with Crippen LogP contribution in [0.3, 0.4) is 0 Å². The molecule has 2 fully saturated rings. The number of pyridine rings is 1. The lowest BCUT2D eigenvalue weighted by atomic mass is 9.89. The maximum atomic E-state index is 13.9.